The number of hydrogen-bond acceptors (Lipinski definition) is 5. The molecular weight excluding hydrogens is 336 g/mol. The fraction of sp³-hybridized carbons (Fsp3) is 0.500. The van der Waals surface area contributed by atoms with Crippen LogP contribution in [0, 0.1) is 20.8 Å². The van der Waals surface area contributed by atoms with Crippen LogP contribution in [0.1, 0.15) is 40.5 Å². The standard InChI is InChI=1S/C18H24N4O2S/c1-12-11-25-18(20-12)8-17(23)21-19-9-15-7-13(2)22(14(15)3)10-16-5-4-6-24-16/h7,9,11,16H,4-6,8,10H2,1-3H3,(H,21,23)/b19-9-/t16-/m0/s1. The number of amides is 1. The number of nitrogens with one attached hydrogen (secondary N) is 1. The van der Waals surface area contributed by atoms with Gasteiger partial charge in [0.15, 0.2) is 0 Å². The molecule has 6 nitrogen and oxygen atoms in total. The third kappa shape index (κ3) is 4.55. The lowest BCUT2D eigenvalue weighted by molar-refractivity contribution is -0.120. The topological polar surface area (TPSA) is 68.5 Å². The number of aryl methyl sites for hydroxylation is 2. The lowest BCUT2D eigenvalue weighted by Crippen LogP contribution is -2.19. The van der Waals surface area contributed by atoms with E-state index in [1.165, 1.54) is 17.0 Å². The van der Waals surface area contributed by atoms with E-state index in [1.807, 2.05) is 12.3 Å². The number of hydrogen-bond donors (Lipinski definition) is 1. The van der Waals surface area contributed by atoms with E-state index < -0.39 is 0 Å². The van der Waals surface area contributed by atoms with Crippen LogP contribution in [0.2, 0.25) is 0 Å². The molecule has 2 aromatic heterocycles. The van der Waals surface area contributed by atoms with Crippen LogP contribution in [0.4, 0.5) is 0 Å². The first kappa shape index (κ1) is 17.8. The van der Waals surface area contributed by atoms with Gasteiger partial charge < -0.3 is 9.30 Å². The number of thiazole rings is 1. The molecule has 0 saturated carbocycles. The van der Waals surface area contributed by atoms with Crippen LogP contribution in [-0.4, -0.2) is 34.4 Å². The Hall–Kier alpha value is -1.99. The molecule has 0 bridgehead atoms. The summed E-state index contributed by atoms with van der Waals surface area (Å²) >= 11 is 1.49. The number of aromatic nitrogens is 2. The molecule has 2 aromatic rings. The molecule has 0 unspecified atom stereocenters. The van der Waals surface area contributed by atoms with E-state index in [0.29, 0.717) is 6.10 Å². The molecule has 7 heteroatoms. The summed E-state index contributed by atoms with van der Waals surface area (Å²) in [7, 11) is 0. The van der Waals surface area contributed by atoms with E-state index >= 15 is 0 Å². The van der Waals surface area contributed by atoms with Crippen molar-refractivity contribution in [2.24, 2.45) is 5.10 Å². The van der Waals surface area contributed by atoms with Crippen LogP contribution in [-0.2, 0) is 22.5 Å². The fourth-order valence-electron chi connectivity index (χ4n) is 3.07. The Morgan fingerprint density at radius 1 is 1.52 bits per heavy atom. The minimum absolute atomic E-state index is 0.154. The van der Waals surface area contributed by atoms with E-state index in [-0.39, 0.29) is 12.3 Å². The highest BCUT2D eigenvalue weighted by Crippen LogP contribution is 2.19. The molecular formula is C18H24N4O2S. The summed E-state index contributed by atoms with van der Waals surface area (Å²) in [6, 6.07) is 2.09. The van der Waals surface area contributed by atoms with Crippen LogP contribution in [0.3, 0.4) is 0 Å². The zero-order valence-electron chi connectivity index (χ0n) is 14.9. The van der Waals surface area contributed by atoms with Crippen LogP contribution >= 0.6 is 11.3 Å². The normalized spacial score (nSPS) is 17.5. The number of nitrogens with zero attached hydrogens (tertiary/aromatic N) is 3. The molecule has 1 atom stereocenters. The maximum Gasteiger partial charge on any atom is 0.246 e. The molecule has 25 heavy (non-hydrogen) atoms. The quantitative estimate of drug-likeness (QED) is 0.636. The lowest BCUT2D eigenvalue weighted by Gasteiger charge is -2.14. The van der Waals surface area contributed by atoms with Gasteiger partial charge in [0.1, 0.15) is 5.01 Å². The molecule has 134 valence electrons. The minimum Gasteiger partial charge on any atom is -0.376 e. The summed E-state index contributed by atoms with van der Waals surface area (Å²) in [5.41, 5.74) is 6.86. The van der Waals surface area contributed by atoms with Crippen molar-refractivity contribution < 1.29 is 9.53 Å². The van der Waals surface area contributed by atoms with Gasteiger partial charge in [-0.3, -0.25) is 4.79 Å². The van der Waals surface area contributed by atoms with Gasteiger partial charge >= 0.3 is 0 Å². The Balaban J connectivity index is 1.58. The first-order valence-electron chi connectivity index (χ1n) is 8.54. The number of rotatable bonds is 6. The van der Waals surface area contributed by atoms with Crippen LogP contribution in [0.25, 0.3) is 0 Å². The molecule has 3 heterocycles. The molecule has 0 aliphatic carbocycles. The molecule has 1 N–H and O–H groups in total. The Labute approximate surface area is 151 Å². The molecule has 1 saturated heterocycles. The molecule has 0 radical (unpaired) electrons. The van der Waals surface area contributed by atoms with E-state index in [4.69, 9.17) is 4.74 Å². The second-order valence-corrected chi connectivity index (χ2v) is 7.37. The molecule has 3 rings (SSSR count). The summed E-state index contributed by atoms with van der Waals surface area (Å²) in [4.78, 5) is 16.2. The van der Waals surface area contributed by atoms with Crippen molar-refractivity contribution in [1.29, 1.82) is 0 Å². The molecule has 1 amide bonds. The summed E-state index contributed by atoms with van der Waals surface area (Å²) < 4.78 is 7.99. The predicted octanol–water partition coefficient (Wildman–Crippen LogP) is 2.74. The Kier molecular flexibility index (Phi) is 5.65. The van der Waals surface area contributed by atoms with E-state index in [1.54, 1.807) is 6.21 Å². The lowest BCUT2D eigenvalue weighted by atomic mass is 10.2. The third-order valence-electron chi connectivity index (χ3n) is 4.39. The van der Waals surface area contributed by atoms with Crippen molar-refractivity contribution in [3.63, 3.8) is 0 Å². The molecule has 1 aliphatic rings. The van der Waals surface area contributed by atoms with E-state index in [9.17, 15) is 4.79 Å². The van der Waals surface area contributed by atoms with E-state index in [2.05, 4.69) is 40.0 Å². The average molecular weight is 360 g/mol. The average Bonchev–Trinajstić information content (AvgIpc) is 3.27. The second kappa shape index (κ2) is 7.93. The molecule has 0 spiro atoms. The summed E-state index contributed by atoms with van der Waals surface area (Å²) in [5, 5.41) is 6.84. The van der Waals surface area contributed by atoms with Gasteiger partial charge in [-0.2, -0.15) is 5.10 Å². The monoisotopic (exact) mass is 360 g/mol. The fourth-order valence-corrected chi connectivity index (χ4v) is 3.84. The number of ether oxygens (including phenoxy) is 1. The van der Waals surface area contributed by atoms with Gasteiger partial charge in [-0.05, 0) is 39.7 Å². The minimum atomic E-state index is -0.154. The summed E-state index contributed by atoms with van der Waals surface area (Å²) in [6.45, 7) is 7.82. The highest BCUT2D eigenvalue weighted by molar-refractivity contribution is 7.09. The third-order valence-corrected chi connectivity index (χ3v) is 5.36. The van der Waals surface area contributed by atoms with Gasteiger partial charge in [-0.15, -0.1) is 11.3 Å². The number of carbonyl (C=O) groups is 1. The molecule has 1 fully saturated rings. The summed E-state index contributed by atoms with van der Waals surface area (Å²) in [5.74, 6) is -0.154. The second-order valence-electron chi connectivity index (χ2n) is 6.42. The highest BCUT2D eigenvalue weighted by Gasteiger charge is 2.18. The Bertz CT molecular complexity index is 772. The van der Waals surface area contributed by atoms with Crippen molar-refractivity contribution in [2.45, 2.75) is 52.7 Å². The van der Waals surface area contributed by atoms with Crippen molar-refractivity contribution in [2.75, 3.05) is 6.61 Å². The molecule has 0 aromatic carbocycles. The maximum atomic E-state index is 11.9. The van der Waals surface area contributed by atoms with Gasteiger partial charge in [0, 0.05) is 41.2 Å². The van der Waals surface area contributed by atoms with Gasteiger partial charge in [-0.25, -0.2) is 10.4 Å². The number of hydrazone groups is 1. The van der Waals surface area contributed by atoms with Crippen LogP contribution < -0.4 is 5.43 Å². The number of carbonyl (C=O) groups excluding carboxylic acids is 1. The maximum absolute atomic E-state index is 11.9. The van der Waals surface area contributed by atoms with Gasteiger partial charge in [-0.1, -0.05) is 0 Å². The van der Waals surface area contributed by atoms with Crippen molar-refractivity contribution in [3.8, 4) is 0 Å². The van der Waals surface area contributed by atoms with Gasteiger partial charge in [0.25, 0.3) is 0 Å². The largest absolute Gasteiger partial charge is 0.376 e. The SMILES string of the molecule is Cc1csc(CC(=O)N/N=C\c2cc(C)n(C[C@@H]3CCCO3)c2C)n1. The van der Waals surface area contributed by atoms with Crippen LogP contribution in [0.5, 0.6) is 0 Å². The van der Waals surface area contributed by atoms with Crippen molar-refractivity contribution in [3.05, 3.63) is 39.1 Å². The van der Waals surface area contributed by atoms with Crippen LogP contribution in [0.15, 0.2) is 16.5 Å². The predicted molar refractivity (Wildman–Crippen MR) is 99.2 cm³/mol. The van der Waals surface area contributed by atoms with Crippen molar-refractivity contribution >= 4 is 23.5 Å². The van der Waals surface area contributed by atoms with Crippen molar-refractivity contribution in [1.82, 2.24) is 15.0 Å². The highest BCUT2D eigenvalue weighted by atomic mass is 32.1. The zero-order valence-corrected chi connectivity index (χ0v) is 15.7. The Morgan fingerprint density at radius 2 is 2.36 bits per heavy atom. The first-order valence-corrected chi connectivity index (χ1v) is 9.42. The summed E-state index contributed by atoms with van der Waals surface area (Å²) in [6.07, 6.45) is 4.53. The van der Waals surface area contributed by atoms with Gasteiger partial charge in [0.05, 0.1) is 18.7 Å². The van der Waals surface area contributed by atoms with Gasteiger partial charge in [0.2, 0.25) is 5.91 Å². The zero-order chi connectivity index (χ0) is 17.8. The smallest absolute Gasteiger partial charge is 0.246 e. The molecule has 1 aliphatic heterocycles. The van der Waals surface area contributed by atoms with E-state index in [0.717, 1.165) is 48.0 Å². The Morgan fingerprint density at radius 3 is 3.04 bits per heavy atom. The first-order chi connectivity index (χ1) is 12.0.